The molecule has 1 saturated carbocycles. The number of ether oxygens (including phenoxy) is 1. The molecule has 1 fully saturated rings. The van der Waals surface area contributed by atoms with Gasteiger partial charge in [0.2, 0.25) is 0 Å². The molecule has 1 aliphatic carbocycles. The molecule has 0 aliphatic heterocycles. The van der Waals surface area contributed by atoms with Crippen LogP contribution in [-0.2, 0) is 0 Å². The maximum atomic E-state index is 12.3. The Bertz CT molecular complexity index is 617. The maximum absolute atomic E-state index is 12.3. The lowest BCUT2D eigenvalue weighted by Crippen LogP contribution is -2.18. The van der Waals surface area contributed by atoms with E-state index in [0.717, 1.165) is 35.1 Å². The Hall–Kier alpha value is -1.78. The number of nitrogen functional groups attached to an aromatic ring is 1. The normalized spacial score (nSPS) is 16.0. The highest BCUT2D eigenvalue weighted by Gasteiger charge is 2.24. The van der Waals surface area contributed by atoms with Gasteiger partial charge in [-0.25, -0.2) is 0 Å². The van der Waals surface area contributed by atoms with Crippen LogP contribution < -0.4 is 10.5 Å². The van der Waals surface area contributed by atoms with Crippen LogP contribution in [0.25, 0.3) is 10.9 Å². The minimum Gasteiger partial charge on any atom is -0.435 e. The molecule has 0 bridgehead atoms. The summed E-state index contributed by atoms with van der Waals surface area (Å²) < 4.78 is 31.2. The first-order valence-corrected chi connectivity index (χ1v) is 6.42. The second-order valence-corrected chi connectivity index (χ2v) is 5.01. The van der Waals surface area contributed by atoms with Crippen LogP contribution in [0.1, 0.15) is 31.0 Å². The molecule has 3 rings (SSSR count). The zero-order valence-corrected chi connectivity index (χ0v) is 10.7. The number of halogens is 2. The highest BCUT2D eigenvalue weighted by Crippen LogP contribution is 2.40. The molecule has 3 nitrogen and oxygen atoms in total. The molecule has 0 amide bonds. The largest absolute Gasteiger partial charge is 0.435 e. The fourth-order valence-electron chi connectivity index (χ4n) is 2.74. The van der Waals surface area contributed by atoms with Gasteiger partial charge in [0.15, 0.2) is 0 Å². The average molecular weight is 266 g/mol. The van der Waals surface area contributed by atoms with Crippen molar-refractivity contribution in [2.24, 2.45) is 0 Å². The molecule has 0 atom stereocenters. The minimum atomic E-state index is -2.80. The van der Waals surface area contributed by atoms with Gasteiger partial charge in [0.05, 0.1) is 11.2 Å². The van der Waals surface area contributed by atoms with E-state index in [2.05, 4.69) is 9.30 Å². The van der Waals surface area contributed by atoms with Crippen molar-refractivity contribution in [3.8, 4) is 5.75 Å². The Morgan fingerprint density at radius 2 is 2.11 bits per heavy atom. The molecular formula is C14H16F2N2O. The molecule has 1 heterocycles. The van der Waals surface area contributed by atoms with Crippen molar-refractivity contribution in [1.29, 1.82) is 0 Å². The predicted molar refractivity (Wildman–Crippen MR) is 70.6 cm³/mol. The van der Waals surface area contributed by atoms with Gasteiger partial charge in [-0.15, -0.1) is 0 Å². The number of hydrogen-bond donors (Lipinski definition) is 1. The smallest absolute Gasteiger partial charge is 0.387 e. The maximum Gasteiger partial charge on any atom is 0.387 e. The van der Waals surface area contributed by atoms with Crippen molar-refractivity contribution in [3.05, 3.63) is 23.9 Å². The molecule has 5 heteroatoms. The second-order valence-electron chi connectivity index (χ2n) is 5.01. The van der Waals surface area contributed by atoms with Crippen LogP contribution in [0.5, 0.6) is 5.75 Å². The Morgan fingerprint density at radius 3 is 2.68 bits per heavy atom. The highest BCUT2D eigenvalue weighted by molar-refractivity contribution is 5.94. The quantitative estimate of drug-likeness (QED) is 0.916. The number of hydrogen-bond acceptors (Lipinski definition) is 2. The first kappa shape index (κ1) is 12.3. The molecule has 1 aliphatic rings. The summed E-state index contributed by atoms with van der Waals surface area (Å²) in [7, 11) is 0. The van der Waals surface area contributed by atoms with Crippen LogP contribution in [0.4, 0.5) is 14.5 Å². The molecule has 19 heavy (non-hydrogen) atoms. The lowest BCUT2D eigenvalue weighted by molar-refractivity contribution is -0.0497. The van der Waals surface area contributed by atoms with Gasteiger partial charge in [0.1, 0.15) is 5.75 Å². The molecule has 0 saturated heterocycles. The van der Waals surface area contributed by atoms with E-state index in [-0.39, 0.29) is 5.75 Å². The zero-order valence-electron chi connectivity index (χ0n) is 10.7. The summed E-state index contributed by atoms with van der Waals surface area (Å²) in [5.74, 6) is 0.181. The van der Waals surface area contributed by atoms with Gasteiger partial charge >= 0.3 is 6.61 Å². The first-order chi connectivity index (χ1) is 9.08. The predicted octanol–water partition coefficient (Wildman–Crippen LogP) is 3.86. The van der Waals surface area contributed by atoms with Crippen LogP contribution in [-0.4, -0.2) is 11.2 Å². The number of nitrogens with two attached hydrogens (primary N) is 1. The SMILES string of the molecule is Cc1c(N)c2ccc(OC(F)F)cc2n1C1CCC1. The third-order valence-corrected chi connectivity index (χ3v) is 3.94. The number of aromatic nitrogens is 1. The summed E-state index contributed by atoms with van der Waals surface area (Å²) >= 11 is 0. The Labute approximate surface area is 110 Å². The van der Waals surface area contributed by atoms with Gasteiger partial charge in [0, 0.05) is 23.2 Å². The summed E-state index contributed by atoms with van der Waals surface area (Å²) in [4.78, 5) is 0. The van der Waals surface area contributed by atoms with Crippen LogP contribution in [0.2, 0.25) is 0 Å². The molecule has 1 aromatic carbocycles. The number of alkyl halides is 2. The van der Waals surface area contributed by atoms with E-state index in [1.54, 1.807) is 12.1 Å². The van der Waals surface area contributed by atoms with Crippen LogP contribution in [0.3, 0.4) is 0 Å². The Balaban J connectivity index is 2.13. The van der Waals surface area contributed by atoms with Crippen molar-refractivity contribution in [2.45, 2.75) is 38.8 Å². The molecule has 2 N–H and O–H groups in total. The van der Waals surface area contributed by atoms with E-state index in [4.69, 9.17) is 5.73 Å². The third-order valence-electron chi connectivity index (χ3n) is 3.94. The summed E-state index contributed by atoms with van der Waals surface area (Å²) in [5, 5.41) is 0.908. The van der Waals surface area contributed by atoms with Gasteiger partial charge in [0.25, 0.3) is 0 Å². The molecule has 1 aromatic heterocycles. The van der Waals surface area contributed by atoms with E-state index in [0.29, 0.717) is 6.04 Å². The van der Waals surface area contributed by atoms with E-state index < -0.39 is 6.61 Å². The fraction of sp³-hybridized carbons (Fsp3) is 0.429. The highest BCUT2D eigenvalue weighted by atomic mass is 19.3. The topological polar surface area (TPSA) is 40.2 Å². The lowest BCUT2D eigenvalue weighted by atomic mass is 9.92. The third kappa shape index (κ3) is 1.93. The summed E-state index contributed by atoms with van der Waals surface area (Å²) in [5.41, 5.74) is 8.72. The lowest BCUT2D eigenvalue weighted by Gasteiger charge is -2.29. The van der Waals surface area contributed by atoms with Gasteiger partial charge in [-0.3, -0.25) is 0 Å². The summed E-state index contributed by atoms with van der Waals surface area (Å²) in [6.45, 7) is -0.829. The first-order valence-electron chi connectivity index (χ1n) is 6.42. The van der Waals surface area contributed by atoms with Crippen molar-refractivity contribution in [1.82, 2.24) is 4.57 Å². The molecule has 102 valence electrons. The standard InChI is InChI=1S/C14H16F2N2O/c1-8-13(17)11-6-5-10(19-14(15)16)7-12(11)18(8)9-3-2-4-9/h5-7,9,14H,2-4,17H2,1H3. The molecule has 2 aromatic rings. The van der Waals surface area contributed by atoms with E-state index in [1.165, 1.54) is 12.5 Å². The van der Waals surface area contributed by atoms with Crippen LogP contribution in [0, 0.1) is 6.92 Å². The number of benzene rings is 1. The summed E-state index contributed by atoms with van der Waals surface area (Å²) in [6.07, 6.45) is 3.44. The second kappa shape index (κ2) is 4.40. The van der Waals surface area contributed by atoms with E-state index in [9.17, 15) is 8.78 Å². The van der Waals surface area contributed by atoms with Gasteiger partial charge < -0.3 is 15.0 Å². The monoisotopic (exact) mass is 266 g/mol. The molecule has 0 radical (unpaired) electrons. The van der Waals surface area contributed by atoms with Gasteiger partial charge in [-0.05, 0) is 38.3 Å². The number of nitrogens with zero attached hydrogens (tertiary/aromatic N) is 1. The van der Waals surface area contributed by atoms with Gasteiger partial charge in [-0.1, -0.05) is 0 Å². The van der Waals surface area contributed by atoms with Crippen molar-refractivity contribution < 1.29 is 13.5 Å². The number of anilines is 1. The van der Waals surface area contributed by atoms with Gasteiger partial charge in [-0.2, -0.15) is 8.78 Å². The van der Waals surface area contributed by atoms with Crippen LogP contribution >= 0.6 is 0 Å². The van der Waals surface area contributed by atoms with Crippen LogP contribution in [0.15, 0.2) is 18.2 Å². The van der Waals surface area contributed by atoms with Crippen molar-refractivity contribution >= 4 is 16.6 Å². The molecule has 0 spiro atoms. The van der Waals surface area contributed by atoms with E-state index in [1.807, 2.05) is 6.92 Å². The molecular weight excluding hydrogens is 250 g/mol. The van der Waals surface area contributed by atoms with Crippen molar-refractivity contribution in [2.75, 3.05) is 5.73 Å². The Kier molecular flexibility index (Phi) is 2.84. The fourth-order valence-corrected chi connectivity index (χ4v) is 2.74. The minimum absolute atomic E-state index is 0.181. The summed E-state index contributed by atoms with van der Waals surface area (Å²) in [6, 6.07) is 5.38. The Morgan fingerprint density at radius 1 is 1.37 bits per heavy atom. The number of rotatable bonds is 3. The molecule has 0 unspecified atom stereocenters. The van der Waals surface area contributed by atoms with E-state index >= 15 is 0 Å². The zero-order chi connectivity index (χ0) is 13.6. The van der Waals surface area contributed by atoms with Crippen molar-refractivity contribution in [3.63, 3.8) is 0 Å². The number of fused-ring (bicyclic) bond motifs is 1. The average Bonchev–Trinajstić information content (AvgIpc) is 2.52.